The van der Waals surface area contributed by atoms with Gasteiger partial charge >= 0.3 is 24.4 Å². The van der Waals surface area contributed by atoms with Crippen LogP contribution in [0.3, 0.4) is 0 Å². The second-order valence-electron chi connectivity index (χ2n) is 9.69. The van der Waals surface area contributed by atoms with Gasteiger partial charge in [-0.3, -0.25) is 9.59 Å². The van der Waals surface area contributed by atoms with Crippen LogP contribution < -0.4 is 10.6 Å². The molecule has 0 spiro atoms. The van der Waals surface area contributed by atoms with E-state index in [0.717, 1.165) is 12.8 Å². The van der Waals surface area contributed by atoms with E-state index < -0.39 is 47.1 Å². The maximum absolute atomic E-state index is 13.3. The first-order valence-electron chi connectivity index (χ1n) is 12.6. The van der Waals surface area contributed by atoms with Gasteiger partial charge in [-0.15, -0.1) is 0 Å². The molecule has 3 amide bonds. The van der Waals surface area contributed by atoms with Crippen LogP contribution in [0, 0.1) is 5.92 Å². The number of anilines is 1. The van der Waals surface area contributed by atoms with Gasteiger partial charge in [0.15, 0.2) is 0 Å². The monoisotopic (exact) mass is 573 g/mol. The molecule has 7 nitrogen and oxygen atoms in total. The Morgan fingerprint density at radius 1 is 0.950 bits per heavy atom. The van der Waals surface area contributed by atoms with Crippen molar-refractivity contribution in [1.29, 1.82) is 0 Å². The van der Waals surface area contributed by atoms with E-state index in [2.05, 4.69) is 10.6 Å². The number of hydrogen-bond donors (Lipinski definition) is 3. The van der Waals surface area contributed by atoms with Crippen LogP contribution in [-0.4, -0.2) is 40.5 Å². The van der Waals surface area contributed by atoms with E-state index in [9.17, 15) is 40.7 Å². The van der Waals surface area contributed by atoms with Crippen molar-refractivity contribution in [3.8, 4) is 0 Å². The van der Waals surface area contributed by atoms with E-state index in [4.69, 9.17) is 5.11 Å². The molecule has 0 radical (unpaired) electrons. The van der Waals surface area contributed by atoms with E-state index in [0.29, 0.717) is 36.5 Å². The molecule has 2 aromatic rings. The van der Waals surface area contributed by atoms with Crippen LogP contribution in [0.5, 0.6) is 0 Å². The van der Waals surface area contributed by atoms with Crippen molar-refractivity contribution in [3.63, 3.8) is 0 Å². The number of halogens is 6. The van der Waals surface area contributed by atoms with Crippen LogP contribution in [0.4, 0.5) is 36.8 Å². The number of urea groups is 1. The van der Waals surface area contributed by atoms with Crippen molar-refractivity contribution >= 4 is 23.6 Å². The van der Waals surface area contributed by atoms with E-state index in [1.54, 1.807) is 12.1 Å². The highest BCUT2D eigenvalue weighted by molar-refractivity contribution is 5.94. The first kappa shape index (κ1) is 30.8. The summed E-state index contributed by atoms with van der Waals surface area (Å²) in [5.41, 5.74) is -2.87. The van der Waals surface area contributed by atoms with E-state index in [1.165, 1.54) is 17.0 Å². The highest BCUT2D eigenvalue weighted by Gasteiger charge is 2.38. The summed E-state index contributed by atoms with van der Waals surface area (Å²) in [7, 11) is 0. The summed E-state index contributed by atoms with van der Waals surface area (Å²) in [5, 5.41) is 13.4. The third-order valence-corrected chi connectivity index (χ3v) is 6.82. The number of nitrogens with one attached hydrogen (secondary N) is 2. The van der Waals surface area contributed by atoms with Crippen LogP contribution >= 0.6 is 0 Å². The van der Waals surface area contributed by atoms with Gasteiger partial charge in [-0.2, -0.15) is 26.3 Å². The number of hydrogen-bond acceptors (Lipinski definition) is 3. The number of rotatable bonds is 9. The molecule has 1 saturated carbocycles. The average molecular weight is 574 g/mol. The van der Waals surface area contributed by atoms with Crippen molar-refractivity contribution in [1.82, 2.24) is 10.2 Å². The Kier molecular flexibility index (Phi) is 9.69. The van der Waals surface area contributed by atoms with Gasteiger partial charge in [0.25, 0.3) is 5.91 Å². The van der Waals surface area contributed by atoms with Crippen molar-refractivity contribution in [2.75, 3.05) is 11.9 Å². The lowest BCUT2D eigenvalue weighted by atomic mass is 10.0. The number of carboxylic acids is 1. The van der Waals surface area contributed by atoms with Gasteiger partial charge in [0, 0.05) is 30.4 Å². The third kappa shape index (κ3) is 8.36. The summed E-state index contributed by atoms with van der Waals surface area (Å²) in [6.45, 7) is 1.94. The Morgan fingerprint density at radius 2 is 1.55 bits per heavy atom. The van der Waals surface area contributed by atoms with Gasteiger partial charge in [-0.25, -0.2) is 4.79 Å². The van der Waals surface area contributed by atoms with Crippen LogP contribution in [-0.2, 0) is 23.7 Å². The summed E-state index contributed by atoms with van der Waals surface area (Å²) in [5.74, 6) is -1.23. The first-order valence-corrected chi connectivity index (χ1v) is 12.6. The molecular formula is C27H29F6N3O4. The predicted molar refractivity (Wildman–Crippen MR) is 133 cm³/mol. The minimum atomic E-state index is -5.05. The van der Waals surface area contributed by atoms with Gasteiger partial charge < -0.3 is 20.6 Å². The van der Waals surface area contributed by atoms with Crippen LogP contribution in [0.1, 0.15) is 66.1 Å². The molecule has 0 bridgehead atoms. The van der Waals surface area contributed by atoms with Crippen LogP contribution in [0.25, 0.3) is 0 Å². The summed E-state index contributed by atoms with van der Waals surface area (Å²) in [6.07, 6.45) is -7.42. The fourth-order valence-electron chi connectivity index (χ4n) is 4.63. The molecule has 40 heavy (non-hydrogen) atoms. The van der Waals surface area contributed by atoms with E-state index in [1.807, 2.05) is 6.92 Å². The van der Waals surface area contributed by atoms with Crippen molar-refractivity contribution in [3.05, 3.63) is 64.7 Å². The molecule has 2 atom stereocenters. The SMILES string of the molecule is CCC1CCC(N(Cc2ccc(C(=O)NCCC(=O)O)cc2)C(=O)Nc2cc(C(F)(F)F)cc(C(F)(F)F)c2)C1. The van der Waals surface area contributed by atoms with Gasteiger partial charge in [0.05, 0.1) is 17.5 Å². The molecule has 2 unspecified atom stereocenters. The zero-order chi connectivity index (χ0) is 29.7. The molecule has 1 fully saturated rings. The second kappa shape index (κ2) is 12.6. The molecule has 3 rings (SSSR count). The smallest absolute Gasteiger partial charge is 0.416 e. The fraction of sp³-hybridized carbons (Fsp3) is 0.444. The van der Waals surface area contributed by atoms with Gasteiger partial charge in [0.1, 0.15) is 0 Å². The minimum Gasteiger partial charge on any atom is -0.481 e. The molecular weight excluding hydrogens is 544 g/mol. The Balaban J connectivity index is 1.83. The lowest BCUT2D eigenvalue weighted by Crippen LogP contribution is -2.41. The molecule has 3 N–H and O–H groups in total. The Bertz CT molecular complexity index is 1180. The number of aliphatic carboxylic acids is 1. The highest BCUT2D eigenvalue weighted by atomic mass is 19.4. The number of alkyl halides is 6. The topological polar surface area (TPSA) is 98.7 Å². The molecule has 2 aromatic carbocycles. The lowest BCUT2D eigenvalue weighted by molar-refractivity contribution is -0.143. The summed E-state index contributed by atoms with van der Waals surface area (Å²) in [4.78, 5) is 37.5. The van der Waals surface area contributed by atoms with Gasteiger partial charge in [-0.05, 0) is 61.1 Å². The number of carbonyl (C=O) groups excluding carboxylic acids is 2. The quantitative estimate of drug-likeness (QED) is 0.297. The van der Waals surface area contributed by atoms with Crippen LogP contribution in [0.2, 0.25) is 0 Å². The normalized spacial score (nSPS) is 17.4. The zero-order valence-corrected chi connectivity index (χ0v) is 21.5. The fourth-order valence-corrected chi connectivity index (χ4v) is 4.63. The number of benzene rings is 2. The Morgan fingerprint density at radius 3 is 2.05 bits per heavy atom. The molecule has 0 heterocycles. The molecule has 0 aliphatic heterocycles. The Hall–Kier alpha value is -3.77. The molecule has 1 aliphatic rings. The average Bonchev–Trinajstić information content (AvgIpc) is 3.35. The molecule has 1 aliphatic carbocycles. The molecule has 218 valence electrons. The number of nitrogens with zero attached hydrogens (tertiary/aromatic N) is 1. The third-order valence-electron chi connectivity index (χ3n) is 6.82. The summed E-state index contributed by atoms with van der Waals surface area (Å²) in [6, 6.07) is 5.90. The molecule has 0 aromatic heterocycles. The van der Waals surface area contributed by atoms with E-state index >= 15 is 0 Å². The molecule has 13 heteroatoms. The lowest BCUT2D eigenvalue weighted by Gasteiger charge is -2.30. The zero-order valence-electron chi connectivity index (χ0n) is 21.5. The molecule has 0 saturated heterocycles. The predicted octanol–water partition coefficient (Wildman–Crippen LogP) is 6.54. The number of carboxylic acid groups (broad SMARTS) is 1. The highest BCUT2D eigenvalue weighted by Crippen LogP contribution is 2.38. The number of carbonyl (C=O) groups is 3. The minimum absolute atomic E-state index is 0.00105. The van der Waals surface area contributed by atoms with Crippen molar-refractivity contribution in [2.45, 2.75) is 64.0 Å². The van der Waals surface area contributed by atoms with Crippen molar-refractivity contribution < 1.29 is 45.8 Å². The standard InChI is InChI=1S/C27H29F6N3O4/c1-2-16-5-8-22(11-16)36(15-17-3-6-18(7-4-17)24(39)34-10-9-23(37)38)25(40)35-21-13-19(26(28,29)30)12-20(14-21)27(31,32)33/h3-4,6-7,12-14,16,22H,2,5,8-11,15H2,1H3,(H,34,39)(H,35,40)(H,37,38). The number of amides is 3. The summed E-state index contributed by atoms with van der Waals surface area (Å²) >= 11 is 0. The van der Waals surface area contributed by atoms with Gasteiger partial charge in [-0.1, -0.05) is 25.5 Å². The van der Waals surface area contributed by atoms with E-state index in [-0.39, 0.29) is 37.2 Å². The van der Waals surface area contributed by atoms with Crippen LogP contribution in [0.15, 0.2) is 42.5 Å². The Labute approximate surface area is 226 Å². The van der Waals surface area contributed by atoms with Gasteiger partial charge in [0.2, 0.25) is 0 Å². The largest absolute Gasteiger partial charge is 0.481 e. The maximum Gasteiger partial charge on any atom is 0.416 e. The summed E-state index contributed by atoms with van der Waals surface area (Å²) < 4.78 is 79.8. The maximum atomic E-state index is 13.3. The first-order chi connectivity index (χ1) is 18.7. The second-order valence-corrected chi connectivity index (χ2v) is 9.69. The van der Waals surface area contributed by atoms with Crippen molar-refractivity contribution in [2.24, 2.45) is 5.92 Å².